The van der Waals surface area contributed by atoms with E-state index in [0.717, 1.165) is 10.0 Å². The lowest BCUT2D eigenvalue weighted by molar-refractivity contribution is -0.112. The van der Waals surface area contributed by atoms with Gasteiger partial charge >= 0.3 is 0 Å². The Hall–Kier alpha value is -3.04. The summed E-state index contributed by atoms with van der Waals surface area (Å²) in [6.45, 7) is 8.55. The van der Waals surface area contributed by atoms with Crippen LogP contribution in [0.25, 0.3) is 6.08 Å². The molecule has 0 bridgehead atoms. The van der Waals surface area contributed by atoms with Gasteiger partial charge in [-0.05, 0) is 62.2 Å². The minimum atomic E-state index is -0.484. The molecule has 0 aliphatic carbocycles. The zero-order chi connectivity index (χ0) is 21.2. The van der Waals surface area contributed by atoms with Crippen molar-refractivity contribution in [1.82, 2.24) is 0 Å². The van der Waals surface area contributed by atoms with Crippen LogP contribution in [-0.2, 0) is 11.2 Å². The summed E-state index contributed by atoms with van der Waals surface area (Å²) in [4.78, 5) is 12.6. The van der Waals surface area contributed by atoms with Gasteiger partial charge in [-0.15, -0.1) is 6.58 Å². The van der Waals surface area contributed by atoms with E-state index in [1.165, 1.54) is 6.08 Å². The summed E-state index contributed by atoms with van der Waals surface area (Å²) in [5, 5.41) is 12.2. The van der Waals surface area contributed by atoms with E-state index >= 15 is 0 Å². The Morgan fingerprint density at radius 1 is 1.24 bits per heavy atom. The summed E-state index contributed by atoms with van der Waals surface area (Å²) in [6.07, 6.45) is 3.88. The molecule has 0 aromatic heterocycles. The lowest BCUT2D eigenvalue weighted by Crippen LogP contribution is -2.13. The molecule has 2 aromatic rings. The van der Waals surface area contributed by atoms with E-state index in [2.05, 4.69) is 27.8 Å². The van der Waals surface area contributed by atoms with Crippen LogP contribution in [0.4, 0.5) is 5.69 Å². The number of hydrogen-bond acceptors (Lipinski definition) is 4. The molecule has 0 unspecified atom stereocenters. The van der Waals surface area contributed by atoms with Gasteiger partial charge in [0.15, 0.2) is 11.5 Å². The van der Waals surface area contributed by atoms with Crippen LogP contribution in [0.15, 0.2) is 59.1 Å². The molecule has 2 rings (SSSR count). The number of amides is 1. The summed E-state index contributed by atoms with van der Waals surface area (Å²) in [6, 6.07) is 12.8. The third-order valence-electron chi connectivity index (χ3n) is 3.87. The Labute approximate surface area is 179 Å². The summed E-state index contributed by atoms with van der Waals surface area (Å²) in [5.41, 5.74) is 2.14. The minimum absolute atomic E-state index is 0.0128. The fourth-order valence-corrected chi connectivity index (χ4v) is 3.12. The van der Waals surface area contributed by atoms with Gasteiger partial charge in [0.1, 0.15) is 11.6 Å². The zero-order valence-corrected chi connectivity index (χ0v) is 18.1. The number of nitriles is 1. The van der Waals surface area contributed by atoms with Crippen LogP contribution in [0.5, 0.6) is 11.5 Å². The van der Waals surface area contributed by atoms with E-state index in [9.17, 15) is 10.1 Å². The second kappa shape index (κ2) is 11.1. The van der Waals surface area contributed by atoms with Crippen LogP contribution in [0, 0.1) is 11.3 Å². The Morgan fingerprint density at radius 3 is 2.62 bits per heavy atom. The van der Waals surface area contributed by atoms with Crippen LogP contribution >= 0.6 is 15.9 Å². The Balaban J connectivity index is 2.41. The van der Waals surface area contributed by atoms with Gasteiger partial charge in [0.05, 0.1) is 13.2 Å². The van der Waals surface area contributed by atoms with E-state index in [1.54, 1.807) is 30.3 Å². The van der Waals surface area contributed by atoms with Crippen molar-refractivity contribution in [3.8, 4) is 17.6 Å². The molecule has 2 aromatic carbocycles. The molecule has 0 saturated carbocycles. The average molecular weight is 455 g/mol. The van der Waals surface area contributed by atoms with Crippen molar-refractivity contribution in [2.45, 2.75) is 20.3 Å². The molecule has 0 spiro atoms. The second-order valence-corrected chi connectivity index (χ2v) is 6.92. The molecule has 0 aliphatic heterocycles. The van der Waals surface area contributed by atoms with Crippen molar-refractivity contribution in [3.05, 3.63) is 70.2 Å². The first-order chi connectivity index (χ1) is 14.0. The first kappa shape index (κ1) is 22.3. The third-order valence-corrected chi connectivity index (χ3v) is 4.36. The summed E-state index contributed by atoms with van der Waals surface area (Å²) in [5.74, 6) is 0.746. The van der Waals surface area contributed by atoms with E-state index in [-0.39, 0.29) is 5.57 Å². The zero-order valence-electron chi connectivity index (χ0n) is 16.5. The number of carbonyl (C=O) groups excluding carboxylic acids is 1. The maximum Gasteiger partial charge on any atom is 0.266 e. The fourth-order valence-electron chi connectivity index (χ4n) is 2.72. The number of hydrogen-bond donors (Lipinski definition) is 1. The standard InChI is InChI=1S/C23H23BrN2O3/c1-4-8-17-11-16(13-21(28-5-2)22(17)29-6-3)12-18(15-25)23(27)26-20-10-7-9-19(24)14-20/h4,7,9-14H,1,5-6,8H2,2-3H3,(H,26,27)/b18-12-. The lowest BCUT2D eigenvalue weighted by Gasteiger charge is -2.16. The summed E-state index contributed by atoms with van der Waals surface area (Å²) >= 11 is 3.36. The number of anilines is 1. The molecule has 0 radical (unpaired) electrons. The van der Waals surface area contributed by atoms with Crippen molar-refractivity contribution in [2.24, 2.45) is 0 Å². The number of nitrogens with zero attached hydrogens (tertiary/aromatic N) is 1. The van der Waals surface area contributed by atoms with Gasteiger partial charge in [-0.3, -0.25) is 4.79 Å². The van der Waals surface area contributed by atoms with Crippen LogP contribution in [0.3, 0.4) is 0 Å². The summed E-state index contributed by atoms with van der Waals surface area (Å²) < 4.78 is 12.3. The van der Waals surface area contributed by atoms with Crippen molar-refractivity contribution >= 4 is 33.6 Å². The van der Waals surface area contributed by atoms with Crippen molar-refractivity contribution in [3.63, 3.8) is 0 Å². The van der Waals surface area contributed by atoms with Gasteiger partial charge in [0.25, 0.3) is 5.91 Å². The summed E-state index contributed by atoms with van der Waals surface area (Å²) in [7, 11) is 0. The fraction of sp³-hybridized carbons (Fsp3) is 0.217. The number of allylic oxidation sites excluding steroid dienone is 1. The minimum Gasteiger partial charge on any atom is -0.490 e. The highest BCUT2D eigenvalue weighted by Gasteiger charge is 2.15. The van der Waals surface area contributed by atoms with Crippen molar-refractivity contribution in [1.29, 1.82) is 5.26 Å². The van der Waals surface area contributed by atoms with Gasteiger partial charge in [-0.25, -0.2) is 0 Å². The Morgan fingerprint density at radius 2 is 2.00 bits per heavy atom. The van der Waals surface area contributed by atoms with Gasteiger partial charge in [0, 0.05) is 15.7 Å². The highest BCUT2D eigenvalue weighted by atomic mass is 79.9. The molecule has 0 saturated heterocycles. The molecule has 0 fully saturated rings. The molecule has 1 amide bonds. The largest absolute Gasteiger partial charge is 0.490 e. The molecule has 5 nitrogen and oxygen atoms in total. The number of rotatable bonds is 9. The SMILES string of the molecule is C=CCc1cc(/C=C(/C#N)C(=O)Nc2cccc(Br)c2)cc(OCC)c1OCC. The molecule has 1 N–H and O–H groups in total. The molecular formula is C23H23BrN2O3. The maximum atomic E-state index is 12.6. The van der Waals surface area contributed by atoms with Crippen LogP contribution < -0.4 is 14.8 Å². The lowest BCUT2D eigenvalue weighted by atomic mass is 10.0. The van der Waals surface area contributed by atoms with Crippen LogP contribution in [0.2, 0.25) is 0 Å². The highest BCUT2D eigenvalue weighted by molar-refractivity contribution is 9.10. The predicted molar refractivity (Wildman–Crippen MR) is 119 cm³/mol. The van der Waals surface area contributed by atoms with E-state index in [4.69, 9.17) is 9.47 Å². The molecule has 6 heteroatoms. The number of benzene rings is 2. The highest BCUT2D eigenvalue weighted by Crippen LogP contribution is 2.34. The molecule has 0 aliphatic rings. The monoisotopic (exact) mass is 454 g/mol. The Kier molecular flexibility index (Phi) is 8.50. The van der Waals surface area contributed by atoms with Crippen LogP contribution in [-0.4, -0.2) is 19.1 Å². The molecule has 0 atom stereocenters. The third kappa shape index (κ3) is 6.23. The molecule has 0 heterocycles. The number of nitrogens with one attached hydrogen (secondary N) is 1. The second-order valence-electron chi connectivity index (χ2n) is 6.00. The van der Waals surface area contributed by atoms with E-state index in [0.29, 0.717) is 42.4 Å². The Bertz CT molecular complexity index is 961. The topological polar surface area (TPSA) is 71.4 Å². The maximum absolute atomic E-state index is 12.6. The normalized spacial score (nSPS) is 10.8. The van der Waals surface area contributed by atoms with Crippen LogP contribution in [0.1, 0.15) is 25.0 Å². The van der Waals surface area contributed by atoms with E-state index in [1.807, 2.05) is 32.0 Å². The van der Waals surface area contributed by atoms with Gasteiger partial charge in [0.2, 0.25) is 0 Å². The predicted octanol–water partition coefficient (Wildman–Crippen LogP) is 5.52. The van der Waals surface area contributed by atoms with Crippen molar-refractivity contribution in [2.75, 3.05) is 18.5 Å². The number of halogens is 1. The number of ether oxygens (including phenoxy) is 2. The smallest absolute Gasteiger partial charge is 0.266 e. The average Bonchev–Trinajstić information content (AvgIpc) is 2.69. The quantitative estimate of drug-likeness (QED) is 0.307. The van der Waals surface area contributed by atoms with Crippen molar-refractivity contribution < 1.29 is 14.3 Å². The number of carbonyl (C=O) groups is 1. The van der Waals surface area contributed by atoms with Gasteiger partial charge < -0.3 is 14.8 Å². The molecule has 29 heavy (non-hydrogen) atoms. The van der Waals surface area contributed by atoms with Gasteiger partial charge in [-0.2, -0.15) is 5.26 Å². The van der Waals surface area contributed by atoms with E-state index < -0.39 is 5.91 Å². The first-order valence-corrected chi connectivity index (χ1v) is 10.0. The molecular weight excluding hydrogens is 432 g/mol. The molecule has 150 valence electrons. The first-order valence-electron chi connectivity index (χ1n) is 9.24. The van der Waals surface area contributed by atoms with Gasteiger partial charge in [-0.1, -0.05) is 28.1 Å².